The Labute approximate surface area is 174 Å². The van der Waals surface area contributed by atoms with Crippen LogP contribution in [0.5, 0.6) is 0 Å². The Bertz CT molecular complexity index is 578. The molecule has 7 nitrogen and oxygen atoms in total. The lowest BCUT2D eigenvalue weighted by Crippen LogP contribution is -2.43. The number of hydrogen-bond acceptors (Lipinski definition) is 5. The summed E-state index contributed by atoms with van der Waals surface area (Å²) in [6.07, 6.45) is 5.52. The van der Waals surface area contributed by atoms with Crippen molar-refractivity contribution in [3.63, 3.8) is 0 Å². The van der Waals surface area contributed by atoms with Crippen LogP contribution in [0.1, 0.15) is 52.4 Å². The molecule has 158 valence electrons. The number of carbonyl (C=O) groups is 2. The predicted molar refractivity (Wildman–Crippen MR) is 108 cm³/mol. The van der Waals surface area contributed by atoms with E-state index in [9.17, 15) is 9.59 Å². The Morgan fingerprint density at radius 2 is 1.82 bits per heavy atom. The zero-order chi connectivity index (χ0) is 19.4. The van der Waals surface area contributed by atoms with Gasteiger partial charge in [0.25, 0.3) is 0 Å². The van der Waals surface area contributed by atoms with Crippen molar-refractivity contribution in [1.29, 1.82) is 5.26 Å². The van der Waals surface area contributed by atoms with Gasteiger partial charge in [-0.15, -0.1) is 12.4 Å². The Kier molecular flexibility index (Phi) is 8.38. The van der Waals surface area contributed by atoms with Gasteiger partial charge in [-0.2, -0.15) is 5.26 Å². The maximum absolute atomic E-state index is 12.4. The number of likely N-dealkylation sites (tertiary alicyclic amines) is 1. The first-order valence-electron chi connectivity index (χ1n) is 10.4. The number of rotatable bonds is 6. The molecular weight excluding hydrogens is 380 g/mol. The first-order valence-corrected chi connectivity index (χ1v) is 10.4. The van der Waals surface area contributed by atoms with Crippen molar-refractivity contribution < 1.29 is 14.3 Å². The van der Waals surface area contributed by atoms with Crippen molar-refractivity contribution in [3.05, 3.63) is 0 Å². The van der Waals surface area contributed by atoms with Crippen molar-refractivity contribution in [1.82, 2.24) is 15.1 Å². The van der Waals surface area contributed by atoms with Crippen molar-refractivity contribution in [3.8, 4) is 6.07 Å². The molecule has 2 aliphatic carbocycles. The third kappa shape index (κ3) is 5.09. The lowest BCUT2D eigenvalue weighted by Gasteiger charge is -2.23. The highest BCUT2D eigenvalue weighted by Gasteiger charge is 2.43. The molecule has 5 atom stereocenters. The van der Waals surface area contributed by atoms with Crippen molar-refractivity contribution in [2.24, 2.45) is 11.8 Å². The van der Waals surface area contributed by atoms with Crippen molar-refractivity contribution in [2.75, 3.05) is 26.2 Å². The Balaban J connectivity index is 0.00000280. The van der Waals surface area contributed by atoms with Gasteiger partial charge in [0, 0.05) is 25.7 Å². The molecule has 3 fully saturated rings. The largest absolute Gasteiger partial charge is 0.446 e. The monoisotopic (exact) mass is 412 g/mol. The topological polar surface area (TPSA) is 85.7 Å². The molecule has 0 aromatic rings. The van der Waals surface area contributed by atoms with E-state index in [0.29, 0.717) is 44.1 Å². The highest BCUT2D eigenvalue weighted by atomic mass is 35.5. The van der Waals surface area contributed by atoms with E-state index in [2.05, 4.69) is 11.4 Å². The molecule has 2 saturated carbocycles. The average Bonchev–Trinajstić information content (AvgIpc) is 3.34. The van der Waals surface area contributed by atoms with E-state index < -0.39 is 0 Å². The number of nitrogens with one attached hydrogen (secondary N) is 1. The van der Waals surface area contributed by atoms with Crippen LogP contribution in [0.3, 0.4) is 0 Å². The molecule has 1 N–H and O–H groups in total. The fourth-order valence-corrected chi connectivity index (χ4v) is 5.06. The minimum absolute atomic E-state index is 0. The second-order valence-corrected chi connectivity index (χ2v) is 8.09. The number of nitriles is 1. The maximum Gasteiger partial charge on any atom is 0.410 e. The van der Waals surface area contributed by atoms with E-state index in [4.69, 9.17) is 10.00 Å². The number of nitrogens with zero attached hydrogens (tertiary/aromatic N) is 3. The normalized spacial score (nSPS) is 31.0. The minimum atomic E-state index is -0.247. The Hall–Kier alpha value is -1.52. The molecule has 0 radical (unpaired) electrons. The molecule has 1 aliphatic heterocycles. The minimum Gasteiger partial charge on any atom is -0.446 e. The van der Waals surface area contributed by atoms with Crippen LogP contribution in [0.25, 0.3) is 0 Å². The van der Waals surface area contributed by atoms with E-state index in [1.54, 1.807) is 9.80 Å². The highest BCUT2D eigenvalue weighted by molar-refractivity contribution is 5.85. The Morgan fingerprint density at radius 3 is 2.39 bits per heavy atom. The first-order chi connectivity index (χ1) is 13.0. The van der Waals surface area contributed by atoms with Gasteiger partial charge in [-0.1, -0.05) is 0 Å². The van der Waals surface area contributed by atoms with E-state index in [1.807, 2.05) is 13.8 Å². The average molecular weight is 413 g/mol. The first kappa shape index (κ1) is 22.8. The number of carbonyl (C=O) groups excluding carboxylic acids is 2. The molecule has 0 bridgehead atoms. The zero-order valence-corrected chi connectivity index (χ0v) is 17.7. The van der Waals surface area contributed by atoms with Gasteiger partial charge in [0.15, 0.2) is 0 Å². The maximum atomic E-state index is 12.4. The van der Waals surface area contributed by atoms with Gasteiger partial charge in [-0.25, -0.2) is 4.79 Å². The van der Waals surface area contributed by atoms with Gasteiger partial charge >= 0.3 is 6.09 Å². The fourth-order valence-electron chi connectivity index (χ4n) is 5.06. The molecule has 2 amide bonds. The Morgan fingerprint density at radius 1 is 1.18 bits per heavy atom. The second kappa shape index (κ2) is 10.3. The SMILES string of the molecule is CCN(CC)C(=O)OC1C[C@H]2CC(NCC(=O)N3CCC[C@H]3C#N)C[C@H]2C1.Cl. The quantitative estimate of drug-likeness (QED) is 0.724. The van der Waals surface area contributed by atoms with Gasteiger partial charge in [0.2, 0.25) is 5.91 Å². The summed E-state index contributed by atoms with van der Waals surface area (Å²) < 4.78 is 5.69. The van der Waals surface area contributed by atoms with Crippen LogP contribution in [0.2, 0.25) is 0 Å². The van der Waals surface area contributed by atoms with E-state index in [0.717, 1.165) is 38.5 Å². The standard InChI is InChI=1S/C20H32N4O3.ClH/c1-3-23(4-2)20(26)27-18-10-14-8-16(9-15(14)11-18)22-13-19(25)24-7-5-6-17(24)12-21;/h14-18,22H,3-11,13H2,1-2H3;1H/t14-,15+,16?,17-,18?;/m0./s1. The highest BCUT2D eigenvalue weighted by Crippen LogP contribution is 2.45. The van der Waals surface area contributed by atoms with E-state index >= 15 is 0 Å². The summed E-state index contributed by atoms with van der Waals surface area (Å²) in [5.74, 6) is 1.19. The molecule has 0 aromatic carbocycles. The zero-order valence-electron chi connectivity index (χ0n) is 16.9. The van der Waals surface area contributed by atoms with Crippen LogP contribution < -0.4 is 5.32 Å². The lowest BCUT2D eigenvalue weighted by molar-refractivity contribution is -0.130. The molecule has 0 spiro atoms. The molecule has 1 heterocycles. The molecular formula is C20H33ClN4O3. The van der Waals surface area contributed by atoms with Gasteiger partial charge in [0.1, 0.15) is 12.1 Å². The van der Waals surface area contributed by atoms with Crippen LogP contribution in [-0.4, -0.2) is 66.2 Å². The summed E-state index contributed by atoms with van der Waals surface area (Å²) in [6.45, 7) is 6.31. The van der Waals surface area contributed by atoms with Crippen LogP contribution in [-0.2, 0) is 9.53 Å². The number of amides is 2. The summed E-state index contributed by atoms with van der Waals surface area (Å²) in [5, 5.41) is 12.5. The number of ether oxygens (including phenoxy) is 1. The van der Waals surface area contributed by atoms with Crippen LogP contribution in [0.4, 0.5) is 4.79 Å². The smallest absolute Gasteiger partial charge is 0.410 e. The van der Waals surface area contributed by atoms with Gasteiger partial charge in [-0.3, -0.25) is 4.79 Å². The fraction of sp³-hybridized carbons (Fsp3) is 0.850. The third-order valence-electron chi connectivity index (χ3n) is 6.53. The third-order valence-corrected chi connectivity index (χ3v) is 6.53. The molecule has 2 unspecified atom stereocenters. The molecule has 3 rings (SSSR count). The van der Waals surface area contributed by atoms with E-state index in [-0.39, 0.29) is 36.6 Å². The molecule has 0 aromatic heterocycles. The van der Waals surface area contributed by atoms with Crippen LogP contribution >= 0.6 is 12.4 Å². The lowest BCUT2D eigenvalue weighted by atomic mass is 10.0. The molecule has 3 aliphatic rings. The van der Waals surface area contributed by atoms with E-state index in [1.165, 1.54) is 0 Å². The van der Waals surface area contributed by atoms with Crippen LogP contribution in [0, 0.1) is 23.2 Å². The summed E-state index contributed by atoms with van der Waals surface area (Å²) in [7, 11) is 0. The summed E-state index contributed by atoms with van der Waals surface area (Å²) in [4.78, 5) is 27.9. The van der Waals surface area contributed by atoms with Crippen LogP contribution in [0.15, 0.2) is 0 Å². The van der Waals surface area contributed by atoms with Gasteiger partial charge < -0.3 is 19.9 Å². The van der Waals surface area contributed by atoms with Gasteiger partial charge in [-0.05, 0) is 64.2 Å². The number of fused-ring (bicyclic) bond motifs is 1. The van der Waals surface area contributed by atoms with Crippen molar-refractivity contribution >= 4 is 24.4 Å². The number of halogens is 1. The summed E-state index contributed by atoms with van der Waals surface area (Å²) in [6, 6.07) is 2.33. The number of hydrogen-bond donors (Lipinski definition) is 1. The molecule has 8 heteroatoms. The summed E-state index contributed by atoms with van der Waals surface area (Å²) in [5.41, 5.74) is 0. The van der Waals surface area contributed by atoms with Crippen molar-refractivity contribution in [2.45, 2.75) is 70.6 Å². The molecule has 28 heavy (non-hydrogen) atoms. The van der Waals surface area contributed by atoms with Gasteiger partial charge in [0.05, 0.1) is 12.6 Å². The second-order valence-electron chi connectivity index (χ2n) is 8.09. The predicted octanol–water partition coefficient (Wildman–Crippen LogP) is 2.55. The summed E-state index contributed by atoms with van der Waals surface area (Å²) >= 11 is 0. The molecule has 1 saturated heterocycles.